The Kier molecular flexibility index (Phi) is 5.10. The van der Waals surface area contributed by atoms with Gasteiger partial charge in [0.2, 0.25) is 11.7 Å². The van der Waals surface area contributed by atoms with Gasteiger partial charge in [-0.25, -0.2) is 4.98 Å². The van der Waals surface area contributed by atoms with Crippen molar-refractivity contribution >= 4 is 17.5 Å². The Morgan fingerprint density at radius 2 is 2.07 bits per heavy atom. The molecule has 2 aliphatic rings. The van der Waals surface area contributed by atoms with Crippen molar-refractivity contribution in [2.75, 3.05) is 24.6 Å². The first kappa shape index (κ1) is 19.3. The monoisotopic (exact) mass is 403 g/mol. The molecule has 28 heavy (non-hydrogen) atoms. The van der Waals surface area contributed by atoms with Gasteiger partial charge >= 0.3 is 0 Å². The molecule has 0 radical (unpaired) electrons. The molecule has 2 saturated heterocycles. The Morgan fingerprint density at radius 1 is 1.32 bits per heavy atom. The lowest BCUT2D eigenvalue weighted by atomic mass is 9.77. The van der Waals surface area contributed by atoms with Crippen LogP contribution in [0.25, 0.3) is 0 Å². The number of ether oxygens (including phenoxy) is 2. The summed E-state index contributed by atoms with van der Waals surface area (Å²) in [6.07, 6.45) is 3.58. The Bertz CT molecular complexity index is 935. The van der Waals surface area contributed by atoms with E-state index in [1.54, 1.807) is 25.1 Å². The average molecular weight is 404 g/mol. The highest BCUT2D eigenvalue weighted by Gasteiger charge is 2.41. The van der Waals surface area contributed by atoms with Crippen molar-refractivity contribution < 1.29 is 9.47 Å². The molecule has 1 aromatic heterocycles. The molecule has 2 aromatic rings. The van der Waals surface area contributed by atoms with E-state index in [1.165, 1.54) is 0 Å². The predicted octanol–water partition coefficient (Wildman–Crippen LogP) is 4.23. The largest absolute Gasteiger partial charge is 0.449 e. The van der Waals surface area contributed by atoms with Crippen LogP contribution in [-0.4, -0.2) is 35.8 Å². The summed E-state index contributed by atoms with van der Waals surface area (Å²) in [6, 6.07) is 5.39. The third-order valence-electron chi connectivity index (χ3n) is 5.98. The van der Waals surface area contributed by atoms with E-state index < -0.39 is 0 Å². The van der Waals surface area contributed by atoms with E-state index in [-0.39, 0.29) is 11.3 Å². The highest BCUT2D eigenvalue weighted by atomic mass is 35.5. The minimum atomic E-state index is -0.278. The fourth-order valence-electron chi connectivity index (χ4n) is 4.23. The van der Waals surface area contributed by atoms with E-state index in [1.807, 2.05) is 6.92 Å². The zero-order valence-corrected chi connectivity index (χ0v) is 17.3. The van der Waals surface area contributed by atoms with E-state index >= 15 is 0 Å². The summed E-state index contributed by atoms with van der Waals surface area (Å²) < 4.78 is 11.7. The second-order valence-corrected chi connectivity index (χ2v) is 8.49. The topological polar surface area (TPSA) is 67.5 Å². The van der Waals surface area contributed by atoms with E-state index in [4.69, 9.17) is 21.1 Å². The highest BCUT2D eigenvalue weighted by Crippen LogP contribution is 2.42. The molecule has 0 amide bonds. The summed E-state index contributed by atoms with van der Waals surface area (Å²) in [5.74, 6) is 1.38. The average Bonchev–Trinajstić information content (AvgIpc) is 3.02. The van der Waals surface area contributed by atoms with E-state index in [2.05, 4.69) is 21.8 Å². The first-order chi connectivity index (χ1) is 13.4. The maximum atomic E-state index is 12.7. The van der Waals surface area contributed by atoms with Crippen LogP contribution in [0.2, 0.25) is 5.02 Å². The van der Waals surface area contributed by atoms with Gasteiger partial charge in [-0.15, -0.1) is 0 Å². The number of aromatic nitrogens is 2. The van der Waals surface area contributed by atoms with E-state index in [9.17, 15) is 4.79 Å². The molecule has 6 nitrogen and oxygen atoms in total. The van der Waals surface area contributed by atoms with Crippen LogP contribution < -0.4 is 15.2 Å². The third-order valence-corrected chi connectivity index (χ3v) is 6.39. The normalized spacial score (nSPS) is 21.3. The maximum absolute atomic E-state index is 12.7. The molecule has 0 aliphatic carbocycles. The van der Waals surface area contributed by atoms with Gasteiger partial charge in [0.05, 0.1) is 18.4 Å². The number of rotatable bonds is 3. The third kappa shape index (κ3) is 3.63. The van der Waals surface area contributed by atoms with Crippen molar-refractivity contribution in [3.05, 3.63) is 44.8 Å². The highest BCUT2D eigenvalue weighted by molar-refractivity contribution is 6.31. The van der Waals surface area contributed by atoms with Crippen LogP contribution in [0.5, 0.6) is 11.5 Å². The lowest BCUT2D eigenvalue weighted by Gasteiger charge is -2.38. The van der Waals surface area contributed by atoms with Gasteiger partial charge in [0, 0.05) is 23.7 Å². The molecule has 1 spiro atoms. The molecule has 1 N–H and O–H groups in total. The smallest absolute Gasteiger partial charge is 0.295 e. The Morgan fingerprint density at radius 3 is 2.71 bits per heavy atom. The number of halogens is 1. The molecular weight excluding hydrogens is 378 g/mol. The fraction of sp³-hybridized carbons (Fsp3) is 0.524. The summed E-state index contributed by atoms with van der Waals surface area (Å²) in [5, 5.41) is 0.601. The van der Waals surface area contributed by atoms with Crippen LogP contribution in [0.4, 0.5) is 5.95 Å². The van der Waals surface area contributed by atoms with Gasteiger partial charge in [-0.2, -0.15) is 0 Å². The lowest BCUT2D eigenvalue weighted by Crippen LogP contribution is -2.42. The van der Waals surface area contributed by atoms with Crippen molar-refractivity contribution in [2.24, 2.45) is 5.41 Å². The number of nitrogens with one attached hydrogen (secondary N) is 1. The van der Waals surface area contributed by atoms with Crippen LogP contribution in [0.15, 0.2) is 23.0 Å². The molecule has 3 heterocycles. The maximum Gasteiger partial charge on any atom is 0.295 e. The molecule has 2 fully saturated rings. The summed E-state index contributed by atoms with van der Waals surface area (Å²) >= 11 is 6.15. The van der Waals surface area contributed by atoms with Gasteiger partial charge in [-0.3, -0.25) is 9.78 Å². The predicted molar refractivity (Wildman–Crippen MR) is 110 cm³/mol. The van der Waals surface area contributed by atoms with Crippen LogP contribution in [0, 0.1) is 19.3 Å². The number of hydrogen-bond donors (Lipinski definition) is 1. The number of piperidine rings is 1. The van der Waals surface area contributed by atoms with Gasteiger partial charge in [0.15, 0.2) is 0 Å². The molecule has 0 saturated carbocycles. The molecular formula is C21H26ClN3O3. The SMILES string of the molecule is Cc1nc(N2CCC3(CC2)CO[C@@H](C)C3)[nH]c(=O)c1Oc1cccc(Cl)c1C. The quantitative estimate of drug-likeness (QED) is 0.830. The van der Waals surface area contributed by atoms with Crippen molar-refractivity contribution in [3.63, 3.8) is 0 Å². The van der Waals surface area contributed by atoms with E-state index in [0.29, 0.717) is 33.9 Å². The van der Waals surface area contributed by atoms with Gasteiger partial charge in [-0.05, 0) is 57.6 Å². The molecule has 7 heteroatoms. The molecule has 1 atom stereocenters. The minimum absolute atomic E-state index is 0.209. The van der Waals surface area contributed by atoms with Crippen LogP contribution in [0.3, 0.4) is 0 Å². The second-order valence-electron chi connectivity index (χ2n) is 8.08. The van der Waals surface area contributed by atoms with Crippen molar-refractivity contribution in [1.82, 2.24) is 9.97 Å². The number of anilines is 1. The minimum Gasteiger partial charge on any atom is -0.449 e. The zero-order chi connectivity index (χ0) is 19.9. The Balaban J connectivity index is 1.52. The summed E-state index contributed by atoms with van der Waals surface area (Å²) in [6.45, 7) is 8.38. The molecule has 0 unspecified atom stereocenters. The first-order valence-electron chi connectivity index (χ1n) is 9.77. The van der Waals surface area contributed by atoms with Gasteiger partial charge < -0.3 is 14.4 Å². The lowest BCUT2D eigenvalue weighted by molar-refractivity contribution is 0.0975. The standard InChI is InChI=1S/C21H26ClN3O3/c1-13-11-21(12-27-13)7-9-25(10-8-21)20-23-15(3)18(19(26)24-20)28-17-6-4-5-16(22)14(17)2/h4-6,13H,7-12H2,1-3H3,(H,23,24,26)/t13-/m0/s1. The van der Waals surface area contributed by atoms with E-state index in [0.717, 1.165) is 44.5 Å². The van der Waals surface area contributed by atoms with Crippen LogP contribution in [-0.2, 0) is 4.74 Å². The first-order valence-corrected chi connectivity index (χ1v) is 10.2. The summed E-state index contributed by atoms with van der Waals surface area (Å²) in [4.78, 5) is 22.4. The Labute approximate surface area is 169 Å². The van der Waals surface area contributed by atoms with Crippen LogP contribution >= 0.6 is 11.6 Å². The Hall–Kier alpha value is -2.05. The number of H-pyrrole nitrogens is 1. The fourth-order valence-corrected chi connectivity index (χ4v) is 4.39. The number of aryl methyl sites for hydroxylation is 1. The zero-order valence-electron chi connectivity index (χ0n) is 16.5. The number of hydrogen-bond acceptors (Lipinski definition) is 5. The van der Waals surface area contributed by atoms with Crippen LogP contribution in [0.1, 0.15) is 37.4 Å². The van der Waals surface area contributed by atoms with Gasteiger partial charge in [0.1, 0.15) is 5.75 Å². The molecule has 2 aliphatic heterocycles. The van der Waals surface area contributed by atoms with Crippen molar-refractivity contribution in [3.8, 4) is 11.5 Å². The van der Waals surface area contributed by atoms with Crippen molar-refractivity contribution in [1.29, 1.82) is 0 Å². The van der Waals surface area contributed by atoms with Gasteiger partial charge in [0.25, 0.3) is 5.56 Å². The second kappa shape index (κ2) is 7.41. The van der Waals surface area contributed by atoms with Crippen molar-refractivity contribution in [2.45, 2.75) is 46.1 Å². The molecule has 4 rings (SSSR count). The number of benzene rings is 1. The summed E-state index contributed by atoms with van der Waals surface area (Å²) in [5.41, 5.74) is 1.37. The van der Waals surface area contributed by atoms with Gasteiger partial charge in [-0.1, -0.05) is 17.7 Å². The molecule has 150 valence electrons. The molecule has 1 aromatic carbocycles. The number of aromatic amines is 1. The molecule has 0 bridgehead atoms. The summed E-state index contributed by atoms with van der Waals surface area (Å²) in [7, 11) is 0. The number of nitrogens with zero attached hydrogens (tertiary/aromatic N) is 2.